The van der Waals surface area contributed by atoms with Crippen molar-refractivity contribution in [1.29, 1.82) is 0 Å². The fourth-order valence-corrected chi connectivity index (χ4v) is 4.01. The van der Waals surface area contributed by atoms with E-state index < -0.39 is 0 Å². The monoisotopic (exact) mass is 400 g/mol. The van der Waals surface area contributed by atoms with Crippen molar-refractivity contribution in [2.45, 2.75) is 31.8 Å². The van der Waals surface area contributed by atoms with E-state index in [2.05, 4.69) is 10.1 Å². The van der Waals surface area contributed by atoms with Gasteiger partial charge in [-0.3, -0.25) is 9.69 Å². The molecule has 4 rings (SSSR count). The number of rotatable bonds is 3. The molecule has 2 aromatic carbocycles. The summed E-state index contributed by atoms with van der Waals surface area (Å²) >= 11 is 12.5. The summed E-state index contributed by atoms with van der Waals surface area (Å²) in [4.78, 5) is 18.9. The lowest BCUT2D eigenvalue weighted by atomic mass is 9.91. The van der Waals surface area contributed by atoms with Gasteiger partial charge in [-0.1, -0.05) is 60.5 Å². The van der Waals surface area contributed by atoms with Crippen LogP contribution in [0.1, 0.15) is 43.0 Å². The van der Waals surface area contributed by atoms with E-state index in [9.17, 15) is 4.79 Å². The van der Waals surface area contributed by atoms with E-state index in [-0.39, 0.29) is 18.0 Å². The number of hydrogen-bond acceptors (Lipinski definition) is 3. The Morgan fingerprint density at radius 1 is 1.11 bits per heavy atom. The van der Waals surface area contributed by atoms with E-state index in [1.54, 1.807) is 9.58 Å². The van der Waals surface area contributed by atoms with Crippen molar-refractivity contribution in [2.75, 3.05) is 4.90 Å². The van der Waals surface area contributed by atoms with Crippen LogP contribution in [0.25, 0.3) is 0 Å². The molecule has 0 fully saturated rings. The first kappa shape index (κ1) is 18.0. The van der Waals surface area contributed by atoms with Crippen LogP contribution in [0.4, 0.5) is 5.95 Å². The maximum absolute atomic E-state index is 12.8. The summed E-state index contributed by atoms with van der Waals surface area (Å²) in [5.41, 5.74) is 1.97. The maximum Gasteiger partial charge on any atom is 0.231 e. The summed E-state index contributed by atoms with van der Waals surface area (Å²) in [5, 5.41) is 5.73. The van der Waals surface area contributed by atoms with E-state index in [4.69, 9.17) is 23.2 Å². The largest absolute Gasteiger partial charge is 0.274 e. The molecular weight excluding hydrogens is 383 g/mol. The number of amides is 1. The molecule has 0 bridgehead atoms. The van der Waals surface area contributed by atoms with Crippen molar-refractivity contribution in [3.8, 4) is 0 Å². The normalized spacial score (nSPS) is 19.0. The van der Waals surface area contributed by atoms with Gasteiger partial charge in [-0.2, -0.15) is 10.1 Å². The Morgan fingerprint density at radius 2 is 1.85 bits per heavy atom. The van der Waals surface area contributed by atoms with Crippen molar-refractivity contribution in [2.24, 2.45) is 0 Å². The summed E-state index contributed by atoms with van der Waals surface area (Å²) in [6.45, 7) is 1.85. The van der Waals surface area contributed by atoms with Crippen molar-refractivity contribution in [3.63, 3.8) is 0 Å². The molecule has 0 radical (unpaired) electrons. The second-order valence-electron chi connectivity index (χ2n) is 6.46. The molecule has 2 heterocycles. The van der Waals surface area contributed by atoms with Crippen LogP contribution in [0.5, 0.6) is 0 Å². The summed E-state index contributed by atoms with van der Waals surface area (Å²) in [7, 11) is 0. The highest BCUT2D eigenvalue weighted by molar-refractivity contribution is 6.31. The Kier molecular flexibility index (Phi) is 4.89. The number of halogens is 2. The minimum atomic E-state index is -0.173. The molecule has 1 aliphatic heterocycles. The van der Waals surface area contributed by atoms with Gasteiger partial charge in [0.1, 0.15) is 6.33 Å². The van der Waals surface area contributed by atoms with Crippen LogP contribution >= 0.6 is 23.2 Å². The number of carbonyl (C=O) groups excluding carboxylic acids is 1. The second-order valence-corrected chi connectivity index (χ2v) is 7.31. The minimum absolute atomic E-state index is 0.00167. The topological polar surface area (TPSA) is 51.0 Å². The molecule has 0 saturated carbocycles. The Hall–Kier alpha value is -2.37. The second kappa shape index (κ2) is 7.33. The van der Waals surface area contributed by atoms with Gasteiger partial charge in [0.15, 0.2) is 0 Å². The summed E-state index contributed by atoms with van der Waals surface area (Å²) < 4.78 is 1.79. The average molecular weight is 401 g/mol. The smallest absolute Gasteiger partial charge is 0.231 e. The van der Waals surface area contributed by atoms with Gasteiger partial charge in [0.05, 0.1) is 12.1 Å². The number of anilines is 1. The lowest BCUT2D eigenvalue weighted by Gasteiger charge is -2.39. The van der Waals surface area contributed by atoms with E-state index in [1.165, 1.54) is 6.33 Å². The first-order chi connectivity index (χ1) is 13.1. The zero-order valence-corrected chi connectivity index (χ0v) is 16.2. The van der Waals surface area contributed by atoms with Crippen LogP contribution in [0.2, 0.25) is 10.0 Å². The number of hydrogen-bond donors (Lipinski definition) is 0. The zero-order valence-electron chi connectivity index (χ0n) is 14.7. The van der Waals surface area contributed by atoms with Gasteiger partial charge in [-0.25, -0.2) is 4.68 Å². The van der Waals surface area contributed by atoms with E-state index in [0.717, 1.165) is 11.1 Å². The molecule has 2 unspecified atom stereocenters. The first-order valence-corrected chi connectivity index (χ1v) is 9.57. The van der Waals surface area contributed by atoms with Crippen LogP contribution in [-0.2, 0) is 4.79 Å². The van der Waals surface area contributed by atoms with E-state index in [0.29, 0.717) is 28.8 Å². The maximum atomic E-state index is 12.8. The molecule has 1 amide bonds. The van der Waals surface area contributed by atoms with Crippen molar-refractivity contribution < 1.29 is 4.79 Å². The van der Waals surface area contributed by atoms with E-state index >= 15 is 0 Å². The lowest BCUT2D eigenvalue weighted by Crippen LogP contribution is -2.42. The Bertz CT molecular complexity index is 970. The molecule has 27 heavy (non-hydrogen) atoms. The predicted octanol–water partition coefficient (Wildman–Crippen LogP) is 5.06. The summed E-state index contributed by atoms with van der Waals surface area (Å²) in [6.07, 6.45) is 2.51. The lowest BCUT2D eigenvalue weighted by molar-refractivity contribution is -0.119. The number of fused-ring (bicyclic) bond motifs is 1. The predicted molar refractivity (Wildman–Crippen MR) is 106 cm³/mol. The Labute approximate surface area is 167 Å². The molecule has 3 aromatic rings. The van der Waals surface area contributed by atoms with Gasteiger partial charge in [0.2, 0.25) is 11.9 Å². The van der Waals surface area contributed by atoms with Gasteiger partial charge in [0.25, 0.3) is 0 Å². The van der Waals surface area contributed by atoms with E-state index in [1.807, 2.05) is 55.5 Å². The quantitative estimate of drug-likeness (QED) is 0.616. The van der Waals surface area contributed by atoms with Crippen LogP contribution in [-0.4, -0.2) is 20.7 Å². The highest BCUT2D eigenvalue weighted by Gasteiger charge is 2.39. The molecule has 5 nitrogen and oxygen atoms in total. The molecule has 138 valence electrons. The third-order valence-corrected chi connectivity index (χ3v) is 5.51. The molecule has 1 aromatic heterocycles. The van der Waals surface area contributed by atoms with Gasteiger partial charge in [0, 0.05) is 16.5 Å². The number of benzene rings is 2. The fraction of sp³-hybridized carbons (Fsp3) is 0.250. The number of carbonyl (C=O) groups is 1. The average Bonchev–Trinajstić information content (AvgIpc) is 3.17. The van der Waals surface area contributed by atoms with Crippen LogP contribution < -0.4 is 4.90 Å². The van der Waals surface area contributed by atoms with Crippen molar-refractivity contribution in [3.05, 3.63) is 76.0 Å². The van der Waals surface area contributed by atoms with Crippen LogP contribution in [0.15, 0.2) is 54.9 Å². The van der Waals surface area contributed by atoms with Crippen molar-refractivity contribution >= 4 is 35.1 Å². The van der Waals surface area contributed by atoms with Gasteiger partial charge >= 0.3 is 0 Å². The Morgan fingerprint density at radius 3 is 2.56 bits per heavy atom. The summed E-state index contributed by atoms with van der Waals surface area (Å²) in [6, 6.07) is 15.0. The molecule has 2 atom stereocenters. The fourth-order valence-electron chi connectivity index (χ4n) is 3.62. The first-order valence-electron chi connectivity index (χ1n) is 8.81. The van der Waals surface area contributed by atoms with Gasteiger partial charge < -0.3 is 0 Å². The molecule has 0 aliphatic carbocycles. The van der Waals surface area contributed by atoms with Crippen LogP contribution in [0.3, 0.4) is 0 Å². The molecule has 0 saturated heterocycles. The summed E-state index contributed by atoms with van der Waals surface area (Å²) in [5.74, 6) is 0.541. The molecule has 0 N–H and O–H groups in total. The number of aromatic nitrogens is 3. The molecular formula is C20H18Cl2N4O. The standard InChI is InChI=1S/C20H18Cl2N4O/c1-2-19(27)25-17(13-7-9-14(21)10-8-13)11-18(26-20(25)23-12-24-26)15-5-3-4-6-16(15)22/h3-10,12,17-18H,2,11H2,1H3. The molecule has 1 aliphatic rings. The number of nitrogens with zero attached hydrogens (tertiary/aromatic N) is 4. The van der Waals surface area contributed by atoms with Gasteiger partial charge in [-0.05, 0) is 35.7 Å². The van der Waals surface area contributed by atoms with Crippen molar-refractivity contribution in [1.82, 2.24) is 14.8 Å². The highest BCUT2D eigenvalue weighted by Crippen LogP contribution is 2.43. The van der Waals surface area contributed by atoms with Gasteiger partial charge in [-0.15, -0.1) is 0 Å². The third-order valence-electron chi connectivity index (χ3n) is 4.91. The minimum Gasteiger partial charge on any atom is -0.274 e. The highest BCUT2D eigenvalue weighted by atomic mass is 35.5. The molecule has 7 heteroatoms. The SMILES string of the molecule is CCC(=O)N1c2ncnn2C(c2ccccc2Cl)CC1c1ccc(Cl)cc1. The van der Waals surface area contributed by atoms with Crippen LogP contribution in [0, 0.1) is 0 Å². The zero-order chi connectivity index (χ0) is 19.0. The molecule has 0 spiro atoms. The third kappa shape index (κ3) is 3.22. The Balaban J connectivity index is 1.86.